The number of rotatable bonds is 12. The smallest absolute Gasteiger partial charge is 0.407 e. The highest BCUT2D eigenvalue weighted by atomic mass is 16.6. The van der Waals surface area contributed by atoms with Gasteiger partial charge in [0.25, 0.3) is 5.69 Å². The maximum Gasteiger partial charge on any atom is 0.407 e. The molecule has 11 nitrogen and oxygen atoms in total. The van der Waals surface area contributed by atoms with Gasteiger partial charge in [-0.2, -0.15) is 0 Å². The summed E-state index contributed by atoms with van der Waals surface area (Å²) in [4.78, 5) is 34.0. The summed E-state index contributed by atoms with van der Waals surface area (Å²) in [5.74, 6) is -0.671. The zero-order chi connectivity index (χ0) is 23.4. The van der Waals surface area contributed by atoms with Gasteiger partial charge >= 0.3 is 6.09 Å². The van der Waals surface area contributed by atoms with Crippen molar-refractivity contribution in [2.75, 3.05) is 38.8 Å². The van der Waals surface area contributed by atoms with E-state index >= 15 is 0 Å². The molecule has 1 aromatic rings. The molecule has 0 heterocycles. The molecule has 1 aromatic carbocycles. The Bertz CT molecular complexity index is 803. The lowest BCUT2D eigenvalue weighted by molar-refractivity contribution is -0.384. The second kappa shape index (κ2) is 12.4. The number of ether oxygens (including phenoxy) is 3. The summed E-state index contributed by atoms with van der Waals surface area (Å²) in [6.07, 6.45) is 3.25. The summed E-state index contributed by atoms with van der Waals surface area (Å²) in [5.41, 5.74) is 4.62. The maximum absolute atomic E-state index is 11.6. The number of hydrogen-bond donors (Lipinski definition) is 3. The number of anilines is 1. The molecule has 0 saturated carbocycles. The van der Waals surface area contributed by atoms with Crippen molar-refractivity contribution >= 4 is 23.4 Å². The summed E-state index contributed by atoms with van der Waals surface area (Å²) in [6, 6.07) is 2.45. The number of benzene rings is 1. The number of carbonyl (C=O) groups is 2. The van der Waals surface area contributed by atoms with E-state index in [1.807, 2.05) is 20.8 Å². The molecular formula is C20H30N4O7. The van der Waals surface area contributed by atoms with Crippen LogP contribution in [0, 0.1) is 10.1 Å². The number of nitro benzene ring substituents is 1. The maximum atomic E-state index is 11.6. The Balaban J connectivity index is 2.84. The van der Waals surface area contributed by atoms with Gasteiger partial charge in [-0.05, 0) is 32.9 Å². The van der Waals surface area contributed by atoms with E-state index in [2.05, 4.69) is 10.6 Å². The van der Waals surface area contributed by atoms with E-state index in [0.717, 1.165) is 6.07 Å². The van der Waals surface area contributed by atoms with Crippen molar-refractivity contribution in [1.29, 1.82) is 0 Å². The van der Waals surface area contributed by atoms with Gasteiger partial charge in [0, 0.05) is 43.9 Å². The van der Waals surface area contributed by atoms with Crippen molar-refractivity contribution in [3.05, 3.63) is 40.0 Å². The van der Waals surface area contributed by atoms with E-state index in [9.17, 15) is 19.7 Å². The Hall–Kier alpha value is -3.34. The summed E-state index contributed by atoms with van der Waals surface area (Å²) in [6.45, 7) is 6.40. The van der Waals surface area contributed by atoms with Gasteiger partial charge in [0.15, 0.2) is 5.69 Å². The lowest BCUT2D eigenvalue weighted by atomic mass is 10.1. The Labute approximate surface area is 181 Å². The van der Waals surface area contributed by atoms with Crippen molar-refractivity contribution < 1.29 is 28.7 Å². The molecular weight excluding hydrogens is 408 g/mol. The third-order valence-corrected chi connectivity index (χ3v) is 3.66. The number of nitro groups is 1. The molecule has 0 spiro atoms. The molecule has 1 rings (SSSR count). The van der Waals surface area contributed by atoms with Crippen molar-refractivity contribution in [3.8, 4) is 5.75 Å². The molecule has 0 atom stereocenters. The first-order valence-electron chi connectivity index (χ1n) is 9.63. The number of nitrogens with zero attached hydrogens (tertiary/aromatic N) is 1. The lowest BCUT2D eigenvalue weighted by Gasteiger charge is -2.19. The van der Waals surface area contributed by atoms with Gasteiger partial charge in [0.1, 0.15) is 12.4 Å². The molecule has 0 aliphatic heterocycles. The summed E-state index contributed by atoms with van der Waals surface area (Å²) in [5, 5.41) is 17.1. The van der Waals surface area contributed by atoms with E-state index in [4.69, 9.17) is 19.9 Å². The standard InChI is InChI=1S/C20H30N4O7/c1-20(2,3)23-19(26)31-10-6-5-8-22-17-15(24(27)28)12-14(18(21)25)13-16(17)30-11-7-9-29-4/h5-6,12-13,22H,7-11H2,1-4H3,(H2,21,25)(H,23,26)/b6-5+. The van der Waals surface area contributed by atoms with E-state index in [1.165, 1.54) is 6.07 Å². The number of amides is 2. The number of alkyl carbamates (subject to hydrolysis) is 1. The zero-order valence-corrected chi connectivity index (χ0v) is 18.2. The fourth-order valence-electron chi connectivity index (χ4n) is 2.34. The topological polar surface area (TPSA) is 155 Å². The predicted octanol–water partition coefficient (Wildman–Crippen LogP) is 2.60. The highest BCUT2D eigenvalue weighted by Crippen LogP contribution is 2.36. The van der Waals surface area contributed by atoms with Crippen LogP contribution in [0.1, 0.15) is 37.6 Å². The van der Waals surface area contributed by atoms with Crippen LogP contribution < -0.4 is 21.1 Å². The third kappa shape index (κ3) is 9.81. The van der Waals surface area contributed by atoms with E-state index in [0.29, 0.717) is 13.0 Å². The second-order valence-electron chi connectivity index (χ2n) is 7.51. The Morgan fingerprint density at radius 2 is 1.94 bits per heavy atom. The number of hydrogen-bond acceptors (Lipinski definition) is 8. The fraction of sp³-hybridized carbons (Fsp3) is 0.500. The number of methoxy groups -OCH3 is 1. The van der Waals surface area contributed by atoms with Crippen molar-refractivity contribution in [1.82, 2.24) is 5.32 Å². The average Bonchev–Trinajstić information content (AvgIpc) is 2.66. The molecule has 0 aliphatic carbocycles. The van der Waals surface area contributed by atoms with Crippen molar-refractivity contribution in [2.45, 2.75) is 32.7 Å². The Morgan fingerprint density at radius 3 is 2.52 bits per heavy atom. The molecule has 172 valence electrons. The largest absolute Gasteiger partial charge is 0.491 e. The summed E-state index contributed by atoms with van der Waals surface area (Å²) < 4.78 is 15.6. The van der Waals surface area contributed by atoms with Crippen LogP contribution in [0.2, 0.25) is 0 Å². The number of nitrogens with one attached hydrogen (secondary N) is 2. The van der Waals surface area contributed by atoms with Crippen LogP contribution in [0.15, 0.2) is 24.3 Å². The van der Waals surface area contributed by atoms with Gasteiger partial charge < -0.3 is 30.6 Å². The van der Waals surface area contributed by atoms with E-state index in [-0.39, 0.29) is 42.4 Å². The van der Waals surface area contributed by atoms with E-state index in [1.54, 1.807) is 19.3 Å². The minimum absolute atomic E-state index is 0.0344. The zero-order valence-electron chi connectivity index (χ0n) is 18.2. The van der Waals surface area contributed by atoms with Gasteiger partial charge in [0.05, 0.1) is 11.5 Å². The first-order chi connectivity index (χ1) is 14.5. The second-order valence-corrected chi connectivity index (χ2v) is 7.51. The van der Waals surface area contributed by atoms with Crippen LogP contribution >= 0.6 is 0 Å². The van der Waals surface area contributed by atoms with Crippen LogP contribution in [0.3, 0.4) is 0 Å². The highest BCUT2D eigenvalue weighted by molar-refractivity contribution is 5.95. The fourth-order valence-corrected chi connectivity index (χ4v) is 2.34. The van der Waals surface area contributed by atoms with Gasteiger partial charge in [-0.1, -0.05) is 6.08 Å². The normalized spacial score (nSPS) is 11.2. The molecule has 0 saturated heterocycles. The predicted molar refractivity (Wildman–Crippen MR) is 115 cm³/mol. The third-order valence-electron chi connectivity index (χ3n) is 3.66. The molecule has 0 fully saturated rings. The quantitative estimate of drug-likeness (QED) is 0.195. The molecule has 4 N–H and O–H groups in total. The van der Waals surface area contributed by atoms with Crippen LogP contribution in [-0.4, -0.2) is 55.9 Å². The number of nitrogens with two attached hydrogens (primary N) is 1. The number of primary amides is 1. The molecule has 11 heteroatoms. The molecule has 0 unspecified atom stereocenters. The van der Waals surface area contributed by atoms with E-state index < -0.39 is 22.5 Å². The van der Waals surface area contributed by atoms with Crippen LogP contribution in [0.4, 0.5) is 16.2 Å². The van der Waals surface area contributed by atoms with Crippen LogP contribution in [0.5, 0.6) is 5.75 Å². The molecule has 0 radical (unpaired) electrons. The van der Waals surface area contributed by atoms with Gasteiger partial charge in [-0.15, -0.1) is 0 Å². The SMILES string of the molecule is COCCCOc1cc(C(N)=O)cc([N+](=O)[O-])c1NC/C=C/COC(=O)NC(C)(C)C. The van der Waals surface area contributed by atoms with Crippen molar-refractivity contribution in [2.24, 2.45) is 5.73 Å². The molecule has 31 heavy (non-hydrogen) atoms. The molecule has 0 bridgehead atoms. The monoisotopic (exact) mass is 438 g/mol. The van der Waals surface area contributed by atoms with Crippen molar-refractivity contribution in [3.63, 3.8) is 0 Å². The first-order valence-corrected chi connectivity index (χ1v) is 9.63. The van der Waals surface area contributed by atoms with Gasteiger partial charge in [-0.3, -0.25) is 14.9 Å². The Kier molecular flexibility index (Phi) is 10.3. The number of carbonyl (C=O) groups excluding carboxylic acids is 2. The first kappa shape index (κ1) is 25.7. The van der Waals surface area contributed by atoms with Crippen LogP contribution in [-0.2, 0) is 9.47 Å². The highest BCUT2D eigenvalue weighted by Gasteiger charge is 2.22. The molecule has 2 amide bonds. The molecule has 0 aliphatic rings. The van der Waals surface area contributed by atoms with Gasteiger partial charge in [0.2, 0.25) is 5.91 Å². The molecule has 0 aromatic heterocycles. The summed E-state index contributed by atoms with van der Waals surface area (Å²) >= 11 is 0. The van der Waals surface area contributed by atoms with Crippen LogP contribution in [0.25, 0.3) is 0 Å². The summed E-state index contributed by atoms with van der Waals surface area (Å²) in [7, 11) is 1.55. The lowest BCUT2D eigenvalue weighted by Crippen LogP contribution is -2.40. The van der Waals surface area contributed by atoms with Gasteiger partial charge in [-0.25, -0.2) is 4.79 Å². The Morgan fingerprint density at radius 1 is 1.23 bits per heavy atom. The average molecular weight is 438 g/mol. The minimum atomic E-state index is -0.804. The minimum Gasteiger partial charge on any atom is -0.491 e.